The van der Waals surface area contributed by atoms with E-state index in [9.17, 15) is 0 Å². The lowest BCUT2D eigenvalue weighted by atomic mass is 9.78. The van der Waals surface area contributed by atoms with Gasteiger partial charge in [-0.05, 0) is 52.6 Å². The van der Waals surface area contributed by atoms with Crippen LogP contribution in [-0.4, -0.2) is 48.2 Å². The summed E-state index contributed by atoms with van der Waals surface area (Å²) >= 11 is 0. The summed E-state index contributed by atoms with van der Waals surface area (Å²) in [6.07, 6.45) is 5.09. The molecule has 4 nitrogen and oxygen atoms in total. The van der Waals surface area contributed by atoms with Crippen LogP contribution in [0.5, 0.6) is 0 Å². The van der Waals surface area contributed by atoms with Gasteiger partial charge in [0.05, 0.1) is 0 Å². The fourth-order valence-electron chi connectivity index (χ4n) is 2.67. The molecule has 4 N–H and O–H groups in total. The van der Waals surface area contributed by atoms with E-state index in [1.54, 1.807) is 0 Å². The van der Waals surface area contributed by atoms with Crippen LogP contribution < -0.4 is 11.6 Å². The smallest absolute Gasteiger partial charge is 0.0190 e. The first-order valence-electron chi connectivity index (χ1n) is 7.32. The summed E-state index contributed by atoms with van der Waals surface area (Å²) in [6, 6.07) is 0.390. The van der Waals surface area contributed by atoms with Crippen molar-refractivity contribution in [3.8, 4) is 0 Å². The molecule has 2 fully saturated rings. The van der Waals surface area contributed by atoms with Gasteiger partial charge in [-0.1, -0.05) is 13.3 Å². The van der Waals surface area contributed by atoms with Crippen molar-refractivity contribution in [1.29, 1.82) is 0 Å². The summed E-state index contributed by atoms with van der Waals surface area (Å²) in [4.78, 5) is 2.40. The second kappa shape index (κ2) is 6.85. The summed E-state index contributed by atoms with van der Waals surface area (Å²) in [7, 11) is 2.18. The third-order valence-electron chi connectivity index (χ3n) is 4.93. The molecule has 2 heterocycles. The maximum absolute atomic E-state index is 5.99. The third kappa shape index (κ3) is 4.19. The molecule has 0 spiro atoms. The van der Waals surface area contributed by atoms with Crippen LogP contribution in [0.25, 0.3) is 0 Å². The van der Waals surface area contributed by atoms with Gasteiger partial charge in [0.2, 0.25) is 0 Å². The molecule has 0 aromatic carbocycles. The van der Waals surface area contributed by atoms with E-state index in [1.807, 2.05) is 5.01 Å². The summed E-state index contributed by atoms with van der Waals surface area (Å²) in [5, 5.41) is 1.89. The first-order valence-corrected chi connectivity index (χ1v) is 7.32. The molecule has 18 heavy (non-hydrogen) atoms. The van der Waals surface area contributed by atoms with Crippen molar-refractivity contribution >= 4 is 0 Å². The zero-order valence-electron chi connectivity index (χ0n) is 12.7. The average Bonchev–Trinajstić information content (AvgIpc) is 2.34. The van der Waals surface area contributed by atoms with Gasteiger partial charge in [0.1, 0.15) is 0 Å². The van der Waals surface area contributed by atoms with Gasteiger partial charge in [-0.3, -0.25) is 5.84 Å². The monoisotopic (exact) mass is 256 g/mol. The van der Waals surface area contributed by atoms with Crippen molar-refractivity contribution in [2.24, 2.45) is 17.5 Å². The molecule has 108 valence electrons. The number of hydrogen-bond acceptors (Lipinski definition) is 4. The van der Waals surface area contributed by atoms with Crippen molar-refractivity contribution in [2.75, 3.05) is 26.7 Å². The van der Waals surface area contributed by atoms with Crippen LogP contribution >= 0.6 is 0 Å². The summed E-state index contributed by atoms with van der Waals surface area (Å²) in [6.45, 7) is 10.1. The van der Waals surface area contributed by atoms with E-state index in [2.05, 4.69) is 32.7 Å². The molecule has 2 rings (SSSR count). The maximum Gasteiger partial charge on any atom is 0.0190 e. The van der Waals surface area contributed by atoms with Crippen LogP contribution in [0.15, 0.2) is 0 Å². The topological polar surface area (TPSA) is 58.5 Å². The maximum atomic E-state index is 5.99. The van der Waals surface area contributed by atoms with E-state index in [4.69, 9.17) is 11.6 Å². The Labute approximate surface area is 113 Å². The third-order valence-corrected chi connectivity index (χ3v) is 4.93. The lowest BCUT2D eigenvalue weighted by Gasteiger charge is -2.47. The average molecular weight is 256 g/mol. The minimum atomic E-state index is 0.275. The molecule has 0 radical (unpaired) electrons. The number of likely N-dealkylation sites (tertiary alicyclic amines) is 1. The molecule has 0 amide bonds. The van der Waals surface area contributed by atoms with Gasteiger partial charge in [0.15, 0.2) is 0 Å². The number of nitrogens with two attached hydrogens (primary N) is 2. The zero-order valence-corrected chi connectivity index (χ0v) is 12.7. The van der Waals surface area contributed by atoms with Crippen LogP contribution in [0, 0.1) is 5.92 Å². The first-order chi connectivity index (χ1) is 8.35. The van der Waals surface area contributed by atoms with Crippen molar-refractivity contribution in [1.82, 2.24) is 9.91 Å². The molecule has 0 aromatic heterocycles. The Morgan fingerprint density at radius 3 is 2.00 bits per heavy atom. The Hall–Kier alpha value is -0.160. The van der Waals surface area contributed by atoms with Crippen LogP contribution in [-0.2, 0) is 0 Å². The summed E-state index contributed by atoms with van der Waals surface area (Å²) in [5.74, 6) is 6.07. The van der Waals surface area contributed by atoms with E-state index in [0.717, 1.165) is 26.1 Å². The molecule has 0 aliphatic carbocycles. The Bertz CT molecular complexity index is 236. The normalized spacial score (nSPS) is 33.7. The predicted molar refractivity (Wildman–Crippen MR) is 78.1 cm³/mol. The van der Waals surface area contributed by atoms with Crippen LogP contribution in [0.3, 0.4) is 0 Å². The molecular weight excluding hydrogens is 224 g/mol. The molecule has 2 saturated heterocycles. The first kappa shape index (κ1) is 15.9. The lowest BCUT2D eigenvalue weighted by Crippen LogP contribution is -2.57. The molecular formula is C14H32N4. The van der Waals surface area contributed by atoms with Crippen LogP contribution in [0.2, 0.25) is 0 Å². The van der Waals surface area contributed by atoms with E-state index < -0.39 is 0 Å². The summed E-state index contributed by atoms with van der Waals surface area (Å²) < 4.78 is 0. The highest BCUT2D eigenvalue weighted by Crippen LogP contribution is 2.30. The Morgan fingerprint density at radius 1 is 1.06 bits per heavy atom. The van der Waals surface area contributed by atoms with Crippen LogP contribution in [0.4, 0.5) is 0 Å². The lowest BCUT2D eigenvalue weighted by molar-refractivity contribution is 0.0407. The summed E-state index contributed by atoms with van der Waals surface area (Å²) in [5.41, 5.74) is 6.26. The molecule has 2 aliphatic heterocycles. The SMILES string of the molecule is CC1C(N)CCN(C)C1(C)C.NN1CCCCC1. The fraction of sp³-hybridized carbons (Fsp3) is 1.00. The Kier molecular flexibility index (Phi) is 6.05. The highest BCUT2D eigenvalue weighted by atomic mass is 15.4. The van der Waals surface area contributed by atoms with Gasteiger partial charge in [0.25, 0.3) is 0 Å². The van der Waals surface area contributed by atoms with Crippen molar-refractivity contribution < 1.29 is 0 Å². The Morgan fingerprint density at radius 2 is 1.61 bits per heavy atom. The minimum Gasteiger partial charge on any atom is -0.327 e. The van der Waals surface area contributed by atoms with E-state index >= 15 is 0 Å². The second-order valence-electron chi connectivity index (χ2n) is 6.41. The van der Waals surface area contributed by atoms with Gasteiger partial charge in [-0.2, -0.15) is 0 Å². The largest absolute Gasteiger partial charge is 0.327 e. The molecule has 4 heteroatoms. The van der Waals surface area contributed by atoms with E-state index in [1.165, 1.54) is 19.3 Å². The number of piperidine rings is 2. The number of rotatable bonds is 0. The molecule has 0 aromatic rings. The van der Waals surface area contributed by atoms with Gasteiger partial charge < -0.3 is 10.6 Å². The predicted octanol–water partition coefficient (Wildman–Crippen LogP) is 1.41. The van der Waals surface area contributed by atoms with E-state index in [-0.39, 0.29) is 5.54 Å². The standard InChI is InChI=1S/C9H20N2.C5H12N2/c1-7-8(10)5-6-11(4)9(7,2)3;6-7-4-2-1-3-5-7/h7-8H,5-6,10H2,1-4H3;1-6H2. The van der Waals surface area contributed by atoms with E-state index in [0.29, 0.717) is 12.0 Å². The van der Waals surface area contributed by atoms with Gasteiger partial charge >= 0.3 is 0 Å². The highest BCUT2D eigenvalue weighted by Gasteiger charge is 2.37. The minimum absolute atomic E-state index is 0.275. The van der Waals surface area contributed by atoms with Gasteiger partial charge in [-0.15, -0.1) is 0 Å². The van der Waals surface area contributed by atoms with Crippen molar-refractivity contribution in [3.05, 3.63) is 0 Å². The fourth-order valence-corrected chi connectivity index (χ4v) is 2.67. The molecule has 2 atom stereocenters. The molecule has 0 bridgehead atoms. The molecule has 2 aliphatic rings. The second-order valence-corrected chi connectivity index (χ2v) is 6.41. The van der Waals surface area contributed by atoms with Crippen molar-refractivity contribution in [3.63, 3.8) is 0 Å². The van der Waals surface area contributed by atoms with Gasteiger partial charge in [0, 0.05) is 24.7 Å². The number of nitrogens with zero attached hydrogens (tertiary/aromatic N) is 2. The number of hydrogen-bond donors (Lipinski definition) is 2. The van der Waals surface area contributed by atoms with Crippen molar-refractivity contribution in [2.45, 2.75) is 58.0 Å². The number of hydrazine groups is 1. The highest BCUT2D eigenvalue weighted by molar-refractivity contribution is 4.94. The zero-order chi connectivity index (χ0) is 13.8. The molecule has 2 unspecified atom stereocenters. The van der Waals surface area contributed by atoms with Crippen LogP contribution in [0.1, 0.15) is 46.5 Å². The quantitative estimate of drug-likeness (QED) is 0.643. The Balaban J connectivity index is 0.000000199. The van der Waals surface area contributed by atoms with Gasteiger partial charge in [-0.25, -0.2) is 5.01 Å². The molecule has 0 saturated carbocycles.